The van der Waals surface area contributed by atoms with Crippen molar-refractivity contribution in [3.05, 3.63) is 45.9 Å². The van der Waals surface area contributed by atoms with E-state index in [0.717, 1.165) is 5.56 Å². The number of carbonyl (C=O) groups excluding carboxylic acids is 1. The third-order valence-electron chi connectivity index (χ3n) is 2.79. The molecule has 2 rings (SSSR count). The molecule has 0 radical (unpaired) electrons. The molecule has 116 valence electrons. The number of amides is 1. The van der Waals surface area contributed by atoms with Gasteiger partial charge in [-0.1, -0.05) is 12.1 Å². The lowest BCUT2D eigenvalue weighted by molar-refractivity contribution is -0.123. The van der Waals surface area contributed by atoms with Gasteiger partial charge < -0.3 is 15.2 Å². The Morgan fingerprint density at radius 3 is 2.91 bits per heavy atom. The normalized spacial score (nSPS) is 10.2. The fourth-order valence-corrected chi connectivity index (χ4v) is 2.51. The zero-order chi connectivity index (χ0) is 15.9. The lowest BCUT2D eigenvalue weighted by Crippen LogP contribution is -2.30. The number of ether oxygens (including phenoxy) is 1. The highest BCUT2D eigenvalue weighted by Crippen LogP contribution is 2.12. The topological polar surface area (TPSA) is 88.5 Å². The van der Waals surface area contributed by atoms with Crippen LogP contribution in [0.25, 0.3) is 0 Å². The molecule has 0 spiro atoms. The number of aromatic nitrogens is 1. The lowest BCUT2D eigenvalue weighted by Gasteiger charge is -2.07. The van der Waals surface area contributed by atoms with Gasteiger partial charge in [0.05, 0.1) is 5.01 Å². The Morgan fingerprint density at radius 2 is 2.23 bits per heavy atom. The maximum atomic E-state index is 11.7. The molecule has 0 saturated heterocycles. The number of carboxylic acid groups (broad SMARTS) is 1. The van der Waals surface area contributed by atoms with E-state index in [9.17, 15) is 9.59 Å². The number of hydrogen-bond acceptors (Lipinski definition) is 5. The van der Waals surface area contributed by atoms with E-state index in [1.54, 1.807) is 6.07 Å². The van der Waals surface area contributed by atoms with Gasteiger partial charge in [-0.05, 0) is 24.6 Å². The van der Waals surface area contributed by atoms with Crippen LogP contribution < -0.4 is 10.1 Å². The summed E-state index contributed by atoms with van der Waals surface area (Å²) in [6, 6.07) is 7.47. The summed E-state index contributed by atoms with van der Waals surface area (Å²) in [4.78, 5) is 26.3. The van der Waals surface area contributed by atoms with Gasteiger partial charge in [-0.15, -0.1) is 11.3 Å². The van der Waals surface area contributed by atoms with Gasteiger partial charge in [-0.2, -0.15) is 0 Å². The van der Waals surface area contributed by atoms with E-state index in [0.29, 0.717) is 23.7 Å². The highest BCUT2D eigenvalue weighted by molar-refractivity contribution is 7.09. The van der Waals surface area contributed by atoms with Crippen LogP contribution in [-0.2, 0) is 11.2 Å². The minimum atomic E-state index is -1.04. The van der Waals surface area contributed by atoms with E-state index < -0.39 is 5.97 Å². The predicted molar refractivity (Wildman–Crippen MR) is 82.5 cm³/mol. The molecule has 0 aliphatic rings. The van der Waals surface area contributed by atoms with Crippen molar-refractivity contribution in [2.75, 3.05) is 13.2 Å². The summed E-state index contributed by atoms with van der Waals surface area (Å²) in [7, 11) is 0. The number of nitrogens with zero attached hydrogens (tertiary/aromatic N) is 1. The summed E-state index contributed by atoms with van der Waals surface area (Å²) in [5.74, 6) is -0.615. The van der Waals surface area contributed by atoms with Crippen molar-refractivity contribution in [1.29, 1.82) is 0 Å². The van der Waals surface area contributed by atoms with Gasteiger partial charge in [0.15, 0.2) is 12.3 Å². The molecule has 0 saturated carbocycles. The van der Waals surface area contributed by atoms with Crippen LogP contribution in [0.15, 0.2) is 29.6 Å². The second-order valence-electron chi connectivity index (χ2n) is 4.64. The Hall–Kier alpha value is -2.41. The Labute approximate surface area is 131 Å². The predicted octanol–water partition coefficient (Wildman–Crippen LogP) is 1.89. The van der Waals surface area contributed by atoms with Crippen molar-refractivity contribution >= 4 is 23.2 Å². The van der Waals surface area contributed by atoms with Crippen molar-refractivity contribution in [2.24, 2.45) is 0 Å². The smallest absolute Gasteiger partial charge is 0.355 e. The highest BCUT2D eigenvalue weighted by atomic mass is 32.1. The molecule has 0 aliphatic carbocycles. The van der Waals surface area contributed by atoms with Crippen LogP contribution in [-0.4, -0.2) is 35.1 Å². The van der Waals surface area contributed by atoms with Crippen molar-refractivity contribution in [1.82, 2.24) is 10.3 Å². The van der Waals surface area contributed by atoms with Crippen LogP contribution in [0, 0.1) is 6.92 Å². The van der Waals surface area contributed by atoms with E-state index >= 15 is 0 Å². The van der Waals surface area contributed by atoms with Crippen LogP contribution in [0.4, 0.5) is 0 Å². The molecule has 0 bridgehead atoms. The summed E-state index contributed by atoms with van der Waals surface area (Å²) < 4.78 is 5.38. The molecular weight excluding hydrogens is 304 g/mol. The van der Waals surface area contributed by atoms with E-state index in [4.69, 9.17) is 9.84 Å². The van der Waals surface area contributed by atoms with Crippen LogP contribution >= 0.6 is 11.3 Å². The molecule has 1 aromatic heterocycles. The molecule has 22 heavy (non-hydrogen) atoms. The van der Waals surface area contributed by atoms with Gasteiger partial charge in [-0.3, -0.25) is 4.79 Å². The first kappa shape index (κ1) is 16.0. The number of thiazole rings is 1. The molecule has 1 amide bonds. The molecule has 1 heterocycles. The number of nitrogens with one attached hydrogen (secondary N) is 1. The quantitative estimate of drug-likeness (QED) is 0.813. The van der Waals surface area contributed by atoms with Gasteiger partial charge in [0, 0.05) is 18.3 Å². The number of carbonyl (C=O) groups is 2. The second kappa shape index (κ2) is 7.56. The van der Waals surface area contributed by atoms with Gasteiger partial charge in [0.25, 0.3) is 5.91 Å². The molecule has 6 nitrogen and oxygen atoms in total. The molecule has 1 aromatic carbocycles. The minimum Gasteiger partial charge on any atom is -0.484 e. The maximum Gasteiger partial charge on any atom is 0.355 e. The summed E-state index contributed by atoms with van der Waals surface area (Å²) in [5, 5.41) is 13.6. The molecule has 2 N–H and O–H groups in total. The average Bonchev–Trinajstić information content (AvgIpc) is 2.94. The van der Waals surface area contributed by atoms with Crippen molar-refractivity contribution < 1.29 is 19.4 Å². The Kier molecular flexibility index (Phi) is 5.48. The average molecular weight is 320 g/mol. The van der Waals surface area contributed by atoms with Crippen LogP contribution in [0.5, 0.6) is 5.75 Å². The zero-order valence-corrected chi connectivity index (χ0v) is 12.9. The van der Waals surface area contributed by atoms with Gasteiger partial charge in [0.2, 0.25) is 0 Å². The Morgan fingerprint density at radius 1 is 1.41 bits per heavy atom. The van der Waals surface area contributed by atoms with E-state index in [2.05, 4.69) is 10.3 Å². The van der Waals surface area contributed by atoms with Gasteiger partial charge in [0.1, 0.15) is 5.75 Å². The first-order chi connectivity index (χ1) is 10.5. The van der Waals surface area contributed by atoms with Gasteiger partial charge in [-0.25, -0.2) is 9.78 Å². The van der Waals surface area contributed by atoms with Crippen molar-refractivity contribution in [3.8, 4) is 5.75 Å². The fourth-order valence-electron chi connectivity index (χ4n) is 1.74. The SMILES string of the molecule is Cc1cccc(OCC(=O)NCCc2nc(C(=O)O)cs2)c1. The molecule has 2 aromatic rings. The number of aromatic carboxylic acids is 1. The molecule has 0 fully saturated rings. The highest BCUT2D eigenvalue weighted by Gasteiger charge is 2.09. The van der Waals surface area contributed by atoms with Crippen LogP contribution in [0.3, 0.4) is 0 Å². The summed E-state index contributed by atoms with van der Waals surface area (Å²) in [6.07, 6.45) is 0.494. The summed E-state index contributed by atoms with van der Waals surface area (Å²) in [5.41, 5.74) is 1.10. The molecule has 0 aliphatic heterocycles. The molecular formula is C15H16N2O4S. The zero-order valence-electron chi connectivity index (χ0n) is 12.0. The second-order valence-corrected chi connectivity index (χ2v) is 5.58. The number of hydrogen-bond donors (Lipinski definition) is 2. The fraction of sp³-hybridized carbons (Fsp3) is 0.267. The first-order valence-corrected chi connectivity index (χ1v) is 7.56. The molecule has 0 atom stereocenters. The van der Waals surface area contributed by atoms with E-state index in [1.165, 1.54) is 16.7 Å². The van der Waals surface area contributed by atoms with Crippen molar-refractivity contribution in [3.63, 3.8) is 0 Å². The number of aryl methyl sites for hydroxylation is 1. The lowest BCUT2D eigenvalue weighted by atomic mass is 10.2. The third kappa shape index (κ3) is 4.85. The van der Waals surface area contributed by atoms with Crippen LogP contribution in [0.1, 0.15) is 21.1 Å². The third-order valence-corrected chi connectivity index (χ3v) is 3.70. The minimum absolute atomic E-state index is 0.0362. The molecule has 7 heteroatoms. The number of benzene rings is 1. The Balaban J connectivity index is 1.70. The molecule has 0 unspecified atom stereocenters. The summed E-state index contributed by atoms with van der Waals surface area (Å²) >= 11 is 1.27. The van der Waals surface area contributed by atoms with Gasteiger partial charge >= 0.3 is 5.97 Å². The van der Waals surface area contributed by atoms with E-state index in [1.807, 2.05) is 25.1 Å². The van der Waals surface area contributed by atoms with E-state index in [-0.39, 0.29) is 18.2 Å². The van der Waals surface area contributed by atoms with Crippen molar-refractivity contribution in [2.45, 2.75) is 13.3 Å². The largest absolute Gasteiger partial charge is 0.484 e. The maximum absolute atomic E-state index is 11.7. The monoisotopic (exact) mass is 320 g/mol. The number of carboxylic acids is 1. The Bertz CT molecular complexity index is 669. The summed E-state index contributed by atoms with van der Waals surface area (Å²) in [6.45, 7) is 2.29. The van der Waals surface area contributed by atoms with Crippen LogP contribution in [0.2, 0.25) is 0 Å². The standard InChI is InChI=1S/C15H16N2O4S/c1-10-3-2-4-11(7-10)21-8-13(18)16-6-5-14-17-12(9-22-14)15(19)20/h2-4,7,9H,5-6,8H2,1H3,(H,16,18)(H,19,20). The number of rotatable bonds is 7. The first-order valence-electron chi connectivity index (χ1n) is 6.68.